The van der Waals surface area contributed by atoms with Crippen LogP contribution >= 0.6 is 11.3 Å². The Balaban J connectivity index is 1.62. The van der Waals surface area contributed by atoms with E-state index in [4.69, 9.17) is 0 Å². The van der Waals surface area contributed by atoms with Crippen molar-refractivity contribution in [3.63, 3.8) is 0 Å². The summed E-state index contributed by atoms with van der Waals surface area (Å²) < 4.78 is 13.7. The van der Waals surface area contributed by atoms with E-state index in [1.165, 1.54) is 22.3 Å². The molecule has 0 aliphatic heterocycles. The van der Waals surface area contributed by atoms with Crippen LogP contribution in [0.1, 0.15) is 28.0 Å². The van der Waals surface area contributed by atoms with Crippen LogP contribution in [0.25, 0.3) is 0 Å². The van der Waals surface area contributed by atoms with Gasteiger partial charge in [0.1, 0.15) is 16.9 Å². The molecule has 24 heavy (non-hydrogen) atoms. The zero-order valence-corrected chi connectivity index (χ0v) is 14.3. The van der Waals surface area contributed by atoms with E-state index in [9.17, 15) is 14.4 Å². The van der Waals surface area contributed by atoms with E-state index >= 15 is 0 Å². The Hall–Kier alpha value is -2.23. The summed E-state index contributed by atoms with van der Waals surface area (Å²) >= 11 is 1.50. The molecule has 1 aromatic heterocycles. The van der Waals surface area contributed by atoms with Gasteiger partial charge in [-0.05, 0) is 37.9 Å². The summed E-state index contributed by atoms with van der Waals surface area (Å²) in [7, 11) is 1.77. The Labute approximate surface area is 144 Å². The predicted molar refractivity (Wildman–Crippen MR) is 92.4 cm³/mol. The Morgan fingerprint density at radius 1 is 1.42 bits per heavy atom. The predicted octanol–water partition coefficient (Wildman–Crippen LogP) is 3.32. The number of nitrogens with zero attached hydrogens (tertiary/aromatic N) is 2. The van der Waals surface area contributed by atoms with Crippen LogP contribution in [0, 0.1) is 17.1 Å². The van der Waals surface area contributed by atoms with Crippen LogP contribution in [-0.2, 0) is 24.2 Å². The first-order chi connectivity index (χ1) is 11.6. The number of amides is 1. The van der Waals surface area contributed by atoms with Gasteiger partial charge >= 0.3 is 0 Å². The van der Waals surface area contributed by atoms with Crippen LogP contribution in [0.15, 0.2) is 24.3 Å². The summed E-state index contributed by atoms with van der Waals surface area (Å²) in [6.45, 7) is 0.494. The Bertz CT molecular complexity index is 809. The third-order valence-corrected chi connectivity index (χ3v) is 5.30. The highest BCUT2D eigenvalue weighted by atomic mass is 32.1. The smallest absolute Gasteiger partial charge is 0.239 e. The number of nitriles is 1. The van der Waals surface area contributed by atoms with E-state index in [1.807, 2.05) is 0 Å². The Morgan fingerprint density at radius 2 is 2.21 bits per heavy atom. The van der Waals surface area contributed by atoms with Gasteiger partial charge < -0.3 is 5.32 Å². The number of hydrogen-bond acceptors (Lipinski definition) is 4. The van der Waals surface area contributed by atoms with E-state index in [2.05, 4.69) is 11.4 Å². The molecule has 0 atom stereocenters. The largest absolute Gasteiger partial charge is 0.315 e. The molecule has 1 aliphatic rings. The van der Waals surface area contributed by atoms with Crippen LogP contribution < -0.4 is 5.32 Å². The van der Waals surface area contributed by atoms with Crippen LogP contribution in [0.2, 0.25) is 0 Å². The number of thiophene rings is 1. The highest BCUT2D eigenvalue weighted by molar-refractivity contribution is 7.16. The standard InChI is InChI=1S/C18H18FN3OS/c1-22(10-12-5-2-3-7-15(12)19)11-17(23)21-18-14(9-20)13-6-4-8-16(13)24-18/h2-3,5,7H,4,6,8,10-11H2,1H3,(H,21,23). The van der Waals surface area contributed by atoms with Crippen molar-refractivity contribution >= 4 is 22.2 Å². The SMILES string of the molecule is CN(CC(=O)Nc1sc2c(c1C#N)CCC2)Cc1ccccc1F. The highest BCUT2D eigenvalue weighted by Gasteiger charge is 2.23. The molecule has 0 spiro atoms. The summed E-state index contributed by atoms with van der Waals surface area (Å²) in [5.74, 6) is -0.462. The number of fused-ring (bicyclic) bond motifs is 1. The third-order valence-electron chi connectivity index (χ3n) is 4.10. The molecule has 4 nitrogen and oxygen atoms in total. The molecule has 0 saturated heterocycles. The van der Waals surface area contributed by atoms with Crippen LogP contribution in [0.5, 0.6) is 0 Å². The first kappa shape index (κ1) is 16.6. The number of aryl methyl sites for hydroxylation is 1. The van der Waals surface area contributed by atoms with Crippen LogP contribution in [0.4, 0.5) is 9.39 Å². The maximum Gasteiger partial charge on any atom is 0.239 e. The van der Waals surface area contributed by atoms with Crippen molar-refractivity contribution in [2.75, 3.05) is 18.9 Å². The molecule has 1 amide bonds. The number of hydrogen-bond donors (Lipinski definition) is 1. The second-order valence-corrected chi connectivity index (χ2v) is 7.09. The zero-order valence-electron chi connectivity index (χ0n) is 13.4. The number of likely N-dealkylation sites (N-methyl/N-ethyl adjacent to an activating group) is 1. The molecule has 1 heterocycles. The highest BCUT2D eigenvalue weighted by Crippen LogP contribution is 2.38. The lowest BCUT2D eigenvalue weighted by molar-refractivity contribution is -0.117. The second-order valence-electron chi connectivity index (χ2n) is 5.99. The normalized spacial score (nSPS) is 12.9. The van der Waals surface area contributed by atoms with Crippen molar-refractivity contribution in [1.82, 2.24) is 4.90 Å². The molecule has 0 fully saturated rings. The molecule has 2 aromatic rings. The van der Waals surface area contributed by atoms with Gasteiger partial charge in [-0.1, -0.05) is 18.2 Å². The monoisotopic (exact) mass is 343 g/mol. The van der Waals surface area contributed by atoms with Gasteiger partial charge in [-0.25, -0.2) is 4.39 Å². The molecule has 1 N–H and O–H groups in total. The summed E-state index contributed by atoms with van der Waals surface area (Å²) in [5, 5.41) is 12.8. The molecular formula is C18H18FN3OS. The molecule has 0 bridgehead atoms. The quantitative estimate of drug-likeness (QED) is 0.906. The minimum atomic E-state index is -0.272. The van der Waals surface area contributed by atoms with Crippen LogP contribution in [0.3, 0.4) is 0 Å². The van der Waals surface area contributed by atoms with Crippen molar-refractivity contribution in [2.45, 2.75) is 25.8 Å². The second kappa shape index (κ2) is 7.12. The van der Waals surface area contributed by atoms with Crippen molar-refractivity contribution in [1.29, 1.82) is 5.26 Å². The lowest BCUT2D eigenvalue weighted by atomic mass is 10.1. The number of rotatable bonds is 5. The van der Waals surface area contributed by atoms with E-state index in [1.54, 1.807) is 30.1 Å². The minimum Gasteiger partial charge on any atom is -0.315 e. The van der Waals surface area contributed by atoms with Gasteiger partial charge in [-0.3, -0.25) is 9.69 Å². The van der Waals surface area contributed by atoms with Crippen molar-refractivity contribution in [2.24, 2.45) is 0 Å². The average Bonchev–Trinajstić information content (AvgIpc) is 3.09. The first-order valence-electron chi connectivity index (χ1n) is 7.85. The maximum atomic E-state index is 13.7. The number of nitrogens with one attached hydrogen (secondary N) is 1. The summed E-state index contributed by atoms with van der Waals surface area (Å²) in [6.07, 6.45) is 2.98. The summed E-state index contributed by atoms with van der Waals surface area (Å²) in [5.41, 5.74) is 2.26. The minimum absolute atomic E-state index is 0.141. The molecule has 1 aliphatic carbocycles. The summed E-state index contributed by atoms with van der Waals surface area (Å²) in [6, 6.07) is 8.76. The van der Waals surface area contributed by atoms with Crippen molar-refractivity contribution in [3.05, 3.63) is 51.7 Å². The lowest BCUT2D eigenvalue weighted by Crippen LogP contribution is -2.30. The molecule has 0 unspecified atom stereocenters. The molecule has 0 radical (unpaired) electrons. The number of carbonyl (C=O) groups is 1. The number of carbonyl (C=O) groups excluding carboxylic acids is 1. The zero-order chi connectivity index (χ0) is 17.1. The number of anilines is 1. The van der Waals surface area contributed by atoms with E-state index < -0.39 is 0 Å². The molecule has 0 saturated carbocycles. The van der Waals surface area contributed by atoms with Gasteiger partial charge in [0.05, 0.1) is 12.1 Å². The Kier molecular flexibility index (Phi) is 4.93. The van der Waals surface area contributed by atoms with Gasteiger partial charge in [0.2, 0.25) is 5.91 Å². The molecule has 1 aromatic carbocycles. The van der Waals surface area contributed by atoms with Crippen molar-refractivity contribution < 1.29 is 9.18 Å². The van der Waals surface area contributed by atoms with E-state index in [0.29, 0.717) is 22.7 Å². The maximum absolute atomic E-state index is 13.7. The Morgan fingerprint density at radius 3 is 2.96 bits per heavy atom. The van der Waals surface area contributed by atoms with E-state index in [-0.39, 0.29) is 18.3 Å². The average molecular weight is 343 g/mol. The molecular weight excluding hydrogens is 325 g/mol. The number of benzene rings is 1. The van der Waals surface area contributed by atoms with Gasteiger partial charge in [0, 0.05) is 17.0 Å². The van der Waals surface area contributed by atoms with Crippen molar-refractivity contribution in [3.8, 4) is 6.07 Å². The molecule has 3 rings (SSSR count). The number of halogens is 1. The fourth-order valence-electron chi connectivity index (χ4n) is 3.00. The van der Waals surface area contributed by atoms with Gasteiger partial charge in [0.15, 0.2) is 0 Å². The van der Waals surface area contributed by atoms with E-state index in [0.717, 1.165) is 24.8 Å². The lowest BCUT2D eigenvalue weighted by Gasteiger charge is -2.16. The van der Waals surface area contributed by atoms with Crippen LogP contribution in [-0.4, -0.2) is 24.4 Å². The first-order valence-corrected chi connectivity index (χ1v) is 8.66. The van der Waals surface area contributed by atoms with Gasteiger partial charge in [-0.2, -0.15) is 5.26 Å². The fourth-order valence-corrected chi connectivity index (χ4v) is 4.25. The topological polar surface area (TPSA) is 56.1 Å². The van der Waals surface area contributed by atoms with Gasteiger partial charge in [0.25, 0.3) is 0 Å². The fraction of sp³-hybridized carbons (Fsp3) is 0.333. The van der Waals surface area contributed by atoms with Gasteiger partial charge in [-0.15, -0.1) is 11.3 Å². The molecule has 124 valence electrons. The summed E-state index contributed by atoms with van der Waals surface area (Å²) in [4.78, 5) is 15.2. The third kappa shape index (κ3) is 3.48. The molecule has 6 heteroatoms.